The molecule has 0 aliphatic carbocycles. The monoisotopic (exact) mass is 440 g/mol. The molecule has 9 heteroatoms. The Balaban J connectivity index is 1.66. The van der Waals surface area contributed by atoms with E-state index in [0.29, 0.717) is 29.9 Å². The Labute approximate surface area is 185 Å². The Morgan fingerprint density at radius 3 is 2.19 bits per heavy atom. The van der Waals surface area contributed by atoms with Gasteiger partial charge in [0, 0.05) is 24.3 Å². The molecule has 1 aliphatic rings. The molecule has 2 aromatic rings. The Morgan fingerprint density at radius 1 is 1.03 bits per heavy atom. The smallest absolute Gasteiger partial charge is 0.325 e. The first-order chi connectivity index (χ1) is 15.2. The minimum absolute atomic E-state index is 0.104. The SMILES string of the molecule is CCN(CC)C(=O)c1ccc(NC(=O)CN2C(=O)NC(C)(c3ccc(F)cc3)C2=O)cc1. The maximum absolute atomic E-state index is 13.2. The number of benzene rings is 2. The second-order valence-corrected chi connectivity index (χ2v) is 7.56. The van der Waals surface area contributed by atoms with Crippen molar-refractivity contribution in [2.75, 3.05) is 25.0 Å². The molecule has 1 atom stereocenters. The minimum atomic E-state index is -1.39. The third kappa shape index (κ3) is 4.46. The van der Waals surface area contributed by atoms with E-state index < -0.39 is 35.7 Å². The lowest BCUT2D eigenvalue weighted by Crippen LogP contribution is -2.42. The van der Waals surface area contributed by atoms with Crippen LogP contribution in [0.1, 0.15) is 36.7 Å². The van der Waals surface area contributed by atoms with E-state index in [-0.39, 0.29) is 5.91 Å². The van der Waals surface area contributed by atoms with Crippen LogP contribution < -0.4 is 10.6 Å². The first-order valence-electron chi connectivity index (χ1n) is 10.3. The molecule has 1 unspecified atom stereocenters. The van der Waals surface area contributed by atoms with Crippen LogP contribution in [0.3, 0.4) is 0 Å². The summed E-state index contributed by atoms with van der Waals surface area (Å²) in [4.78, 5) is 52.6. The number of nitrogens with zero attached hydrogens (tertiary/aromatic N) is 2. The molecule has 32 heavy (non-hydrogen) atoms. The predicted octanol–water partition coefficient (Wildman–Crippen LogP) is 2.71. The summed E-state index contributed by atoms with van der Waals surface area (Å²) in [5.41, 5.74) is -0.0544. The predicted molar refractivity (Wildman–Crippen MR) is 116 cm³/mol. The zero-order valence-electron chi connectivity index (χ0n) is 18.1. The number of hydrogen-bond acceptors (Lipinski definition) is 4. The van der Waals surface area contributed by atoms with Crippen LogP contribution in [-0.2, 0) is 15.1 Å². The van der Waals surface area contributed by atoms with Crippen LogP contribution in [0.4, 0.5) is 14.9 Å². The van der Waals surface area contributed by atoms with Gasteiger partial charge >= 0.3 is 6.03 Å². The quantitative estimate of drug-likeness (QED) is 0.647. The van der Waals surface area contributed by atoms with Gasteiger partial charge in [-0.3, -0.25) is 19.3 Å². The molecule has 1 heterocycles. The van der Waals surface area contributed by atoms with Crippen LogP contribution in [0.2, 0.25) is 0 Å². The van der Waals surface area contributed by atoms with Gasteiger partial charge < -0.3 is 15.5 Å². The van der Waals surface area contributed by atoms with Crippen molar-refractivity contribution in [2.45, 2.75) is 26.3 Å². The maximum Gasteiger partial charge on any atom is 0.325 e. The van der Waals surface area contributed by atoms with Gasteiger partial charge in [-0.05, 0) is 62.7 Å². The van der Waals surface area contributed by atoms with E-state index in [9.17, 15) is 23.6 Å². The number of carbonyl (C=O) groups is 4. The van der Waals surface area contributed by atoms with E-state index in [2.05, 4.69) is 10.6 Å². The van der Waals surface area contributed by atoms with E-state index in [0.717, 1.165) is 4.90 Å². The number of urea groups is 1. The zero-order valence-corrected chi connectivity index (χ0v) is 18.1. The standard InChI is InChI=1S/C23H25FN4O4/c1-4-27(5-2)20(30)15-6-12-18(13-7-15)25-19(29)14-28-21(31)23(3,26-22(28)32)16-8-10-17(24)11-9-16/h6-13H,4-5,14H2,1-3H3,(H,25,29)(H,26,32). The van der Waals surface area contributed by atoms with Gasteiger partial charge in [0.25, 0.3) is 11.8 Å². The van der Waals surface area contributed by atoms with Crippen LogP contribution in [0.25, 0.3) is 0 Å². The molecule has 2 N–H and O–H groups in total. The van der Waals surface area contributed by atoms with Crippen LogP contribution in [0, 0.1) is 5.82 Å². The fraction of sp³-hybridized carbons (Fsp3) is 0.304. The van der Waals surface area contributed by atoms with E-state index in [4.69, 9.17) is 0 Å². The summed E-state index contributed by atoms with van der Waals surface area (Å²) in [6, 6.07) is 10.9. The number of rotatable bonds is 7. The van der Waals surface area contributed by atoms with Crippen molar-refractivity contribution in [2.24, 2.45) is 0 Å². The molecule has 3 rings (SSSR count). The molecule has 0 spiro atoms. The number of imide groups is 1. The van der Waals surface area contributed by atoms with Crippen molar-refractivity contribution in [3.05, 3.63) is 65.5 Å². The number of halogens is 1. The third-order valence-corrected chi connectivity index (χ3v) is 5.46. The largest absolute Gasteiger partial charge is 0.339 e. The van der Waals surface area contributed by atoms with Crippen molar-refractivity contribution >= 4 is 29.4 Å². The maximum atomic E-state index is 13.2. The van der Waals surface area contributed by atoms with E-state index >= 15 is 0 Å². The highest BCUT2D eigenvalue weighted by Gasteiger charge is 2.49. The van der Waals surface area contributed by atoms with Crippen molar-refractivity contribution in [3.8, 4) is 0 Å². The van der Waals surface area contributed by atoms with Crippen LogP contribution >= 0.6 is 0 Å². The lowest BCUT2D eigenvalue weighted by atomic mass is 9.92. The molecule has 1 aliphatic heterocycles. The Morgan fingerprint density at radius 2 is 1.62 bits per heavy atom. The minimum Gasteiger partial charge on any atom is -0.339 e. The normalized spacial score (nSPS) is 17.8. The zero-order chi connectivity index (χ0) is 23.5. The van der Waals surface area contributed by atoms with E-state index in [1.54, 1.807) is 29.2 Å². The van der Waals surface area contributed by atoms with Gasteiger partial charge in [-0.1, -0.05) is 12.1 Å². The summed E-state index contributed by atoms with van der Waals surface area (Å²) < 4.78 is 13.2. The molecular weight excluding hydrogens is 415 g/mol. The molecule has 2 aromatic carbocycles. The summed E-state index contributed by atoms with van der Waals surface area (Å²) in [5, 5.41) is 5.19. The van der Waals surface area contributed by atoms with Gasteiger partial charge in [-0.2, -0.15) is 0 Å². The highest BCUT2D eigenvalue weighted by molar-refractivity contribution is 6.10. The average Bonchev–Trinajstić information content (AvgIpc) is 2.99. The highest BCUT2D eigenvalue weighted by Crippen LogP contribution is 2.28. The fourth-order valence-corrected chi connectivity index (χ4v) is 3.55. The Hall–Kier alpha value is -3.75. The summed E-state index contributed by atoms with van der Waals surface area (Å²) in [6.45, 7) is 6.00. The van der Waals surface area contributed by atoms with Gasteiger partial charge in [0.15, 0.2) is 0 Å². The highest BCUT2D eigenvalue weighted by atomic mass is 19.1. The molecule has 5 amide bonds. The van der Waals surface area contributed by atoms with Crippen LogP contribution in [0.5, 0.6) is 0 Å². The molecule has 1 saturated heterocycles. The van der Waals surface area contributed by atoms with Crippen LogP contribution in [-0.4, -0.2) is 53.2 Å². The van der Waals surface area contributed by atoms with Gasteiger partial charge in [0.05, 0.1) is 0 Å². The van der Waals surface area contributed by atoms with Gasteiger partial charge in [0.2, 0.25) is 5.91 Å². The number of amides is 5. The average molecular weight is 440 g/mol. The van der Waals surface area contributed by atoms with Crippen LogP contribution in [0.15, 0.2) is 48.5 Å². The fourth-order valence-electron chi connectivity index (χ4n) is 3.55. The van der Waals surface area contributed by atoms with Gasteiger partial charge in [-0.25, -0.2) is 9.18 Å². The molecule has 0 aromatic heterocycles. The Kier molecular flexibility index (Phi) is 6.57. The molecule has 0 saturated carbocycles. The number of carbonyl (C=O) groups excluding carboxylic acids is 4. The lowest BCUT2D eigenvalue weighted by molar-refractivity contribution is -0.133. The van der Waals surface area contributed by atoms with E-state index in [1.807, 2.05) is 13.8 Å². The number of nitrogens with one attached hydrogen (secondary N) is 2. The lowest BCUT2D eigenvalue weighted by Gasteiger charge is -2.22. The second kappa shape index (κ2) is 9.17. The van der Waals surface area contributed by atoms with Gasteiger partial charge in [0.1, 0.15) is 17.9 Å². The first kappa shape index (κ1) is 22.9. The molecule has 168 valence electrons. The molecule has 8 nitrogen and oxygen atoms in total. The summed E-state index contributed by atoms with van der Waals surface area (Å²) in [5.74, 6) is -1.74. The first-order valence-corrected chi connectivity index (χ1v) is 10.3. The second-order valence-electron chi connectivity index (χ2n) is 7.56. The third-order valence-electron chi connectivity index (χ3n) is 5.46. The molecule has 1 fully saturated rings. The summed E-state index contributed by atoms with van der Waals surface area (Å²) in [7, 11) is 0. The van der Waals surface area contributed by atoms with Crippen molar-refractivity contribution in [3.63, 3.8) is 0 Å². The number of anilines is 1. The van der Waals surface area contributed by atoms with Crippen molar-refractivity contribution in [1.29, 1.82) is 0 Å². The molecular formula is C23H25FN4O4. The van der Waals surface area contributed by atoms with Crippen molar-refractivity contribution < 1.29 is 23.6 Å². The van der Waals surface area contributed by atoms with E-state index in [1.165, 1.54) is 31.2 Å². The molecule has 0 bridgehead atoms. The summed E-state index contributed by atoms with van der Waals surface area (Å²) in [6.07, 6.45) is 0. The molecule has 0 radical (unpaired) electrons. The van der Waals surface area contributed by atoms with Gasteiger partial charge in [-0.15, -0.1) is 0 Å². The topological polar surface area (TPSA) is 98.8 Å². The van der Waals surface area contributed by atoms with Crippen molar-refractivity contribution in [1.82, 2.24) is 15.1 Å². The number of hydrogen-bond donors (Lipinski definition) is 2. The Bertz CT molecular complexity index is 1030. The summed E-state index contributed by atoms with van der Waals surface area (Å²) >= 11 is 0.